The van der Waals surface area contributed by atoms with Crippen LogP contribution in [-0.4, -0.2) is 61.2 Å². The Hall–Kier alpha value is -2.15. The number of hydrogen-bond acceptors (Lipinski definition) is 4. The summed E-state index contributed by atoms with van der Waals surface area (Å²) in [7, 11) is 0. The largest absolute Gasteiger partial charge is 0.340 e. The van der Waals surface area contributed by atoms with Gasteiger partial charge in [0, 0.05) is 50.7 Å². The first kappa shape index (κ1) is 18.6. The van der Waals surface area contributed by atoms with E-state index in [1.807, 2.05) is 42.0 Å². The highest BCUT2D eigenvalue weighted by atomic mass is 16.2. The minimum atomic E-state index is 0.158. The molecular formula is C19H30N6O. The van der Waals surface area contributed by atoms with E-state index in [0.29, 0.717) is 12.6 Å². The summed E-state index contributed by atoms with van der Waals surface area (Å²) in [5, 5.41) is 4.41. The van der Waals surface area contributed by atoms with Crippen LogP contribution in [0.5, 0.6) is 0 Å². The molecule has 0 aromatic carbocycles. The Labute approximate surface area is 155 Å². The SMILES string of the molecule is Cc1cc(C)n(CC(=O)N2CCCN(Cc3cncn3C(C)C)CC2)n1. The van der Waals surface area contributed by atoms with Crippen LogP contribution >= 0.6 is 0 Å². The zero-order valence-electron chi connectivity index (χ0n) is 16.4. The fourth-order valence-electron chi connectivity index (χ4n) is 3.59. The van der Waals surface area contributed by atoms with E-state index in [-0.39, 0.29) is 5.91 Å². The van der Waals surface area contributed by atoms with Crippen molar-refractivity contribution in [3.05, 3.63) is 35.7 Å². The monoisotopic (exact) mass is 358 g/mol. The molecule has 26 heavy (non-hydrogen) atoms. The van der Waals surface area contributed by atoms with Crippen molar-refractivity contribution in [2.75, 3.05) is 26.2 Å². The molecule has 1 saturated heterocycles. The van der Waals surface area contributed by atoms with E-state index < -0.39 is 0 Å². The maximum atomic E-state index is 12.7. The Bertz CT molecular complexity index is 747. The fraction of sp³-hybridized carbons (Fsp3) is 0.632. The quantitative estimate of drug-likeness (QED) is 0.820. The summed E-state index contributed by atoms with van der Waals surface area (Å²) in [6.45, 7) is 13.0. The third-order valence-corrected chi connectivity index (χ3v) is 5.02. The molecule has 0 saturated carbocycles. The maximum absolute atomic E-state index is 12.7. The van der Waals surface area contributed by atoms with Crippen molar-refractivity contribution in [3.63, 3.8) is 0 Å². The van der Waals surface area contributed by atoms with Crippen LogP contribution in [0.2, 0.25) is 0 Å². The van der Waals surface area contributed by atoms with Crippen molar-refractivity contribution in [1.82, 2.24) is 29.1 Å². The summed E-state index contributed by atoms with van der Waals surface area (Å²) in [5.74, 6) is 0.158. The minimum Gasteiger partial charge on any atom is -0.340 e. The number of aromatic nitrogens is 4. The van der Waals surface area contributed by atoms with Crippen LogP contribution in [-0.2, 0) is 17.9 Å². The highest BCUT2D eigenvalue weighted by molar-refractivity contribution is 5.76. The third kappa shape index (κ3) is 4.33. The zero-order chi connectivity index (χ0) is 18.7. The van der Waals surface area contributed by atoms with Crippen molar-refractivity contribution >= 4 is 5.91 Å². The summed E-state index contributed by atoms with van der Waals surface area (Å²) >= 11 is 0. The molecule has 0 unspecified atom stereocenters. The van der Waals surface area contributed by atoms with Crippen molar-refractivity contribution in [2.45, 2.75) is 53.2 Å². The van der Waals surface area contributed by atoms with Crippen LogP contribution in [0.1, 0.15) is 43.4 Å². The number of amides is 1. The number of hydrogen-bond donors (Lipinski definition) is 0. The number of aryl methyl sites for hydroxylation is 2. The second kappa shape index (κ2) is 8.03. The van der Waals surface area contributed by atoms with Crippen LogP contribution in [0.15, 0.2) is 18.6 Å². The Kier molecular flexibility index (Phi) is 5.76. The van der Waals surface area contributed by atoms with Crippen LogP contribution in [0.4, 0.5) is 0 Å². The predicted octanol–water partition coefficient (Wildman–Crippen LogP) is 2.01. The molecule has 1 amide bonds. The van der Waals surface area contributed by atoms with Crippen molar-refractivity contribution in [2.24, 2.45) is 0 Å². The zero-order valence-corrected chi connectivity index (χ0v) is 16.4. The highest BCUT2D eigenvalue weighted by Crippen LogP contribution is 2.13. The lowest BCUT2D eigenvalue weighted by atomic mass is 10.3. The van der Waals surface area contributed by atoms with E-state index in [1.54, 1.807) is 0 Å². The van der Waals surface area contributed by atoms with Gasteiger partial charge in [-0.3, -0.25) is 14.4 Å². The van der Waals surface area contributed by atoms with Gasteiger partial charge in [0.15, 0.2) is 0 Å². The van der Waals surface area contributed by atoms with Crippen LogP contribution in [0.3, 0.4) is 0 Å². The molecule has 3 rings (SSSR count). The van der Waals surface area contributed by atoms with E-state index in [9.17, 15) is 4.79 Å². The van der Waals surface area contributed by atoms with Gasteiger partial charge in [0.25, 0.3) is 0 Å². The molecular weight excluding hydrogens is 328 g/mol. The van der Waals surface area contributed by atoms with Crippen molar-refractivity contribution < 1.29 is 4.79 Å². The highest BCUT2D eigenvalue weighted by Gasteiger charge is 2.21. The number of imidazole rings is 1. The van der Waals surface area contributed by atoms with Crippen LogP contribution < -0.4 is 0 Å². The van der Waals surface area contributed by atoms with Gasteiger partial charge in [-0.1, -0.05) is 0 Å². The molecule has 0 bridgehead atoms. The van der Waals surface area contributed by atoms with Gasteiger partial charge in [-0.25, -0.2) is 4.98 Å². The van der Waals surface area contributed by atoms with E-state index >= 15 is 0 Å². The number of carbonyl (C=O) groups excluding carboxylic acids is 1. The summed E-state index contributed by atoms with van der Waals surface area (Å²) in [4.78, 5) is 21.4. The molecule has 2 aromatic heterocycles. The molecule has 0 spiro atoms. The summed E-state index contributed by atoms with van der Waals surface area (Å²) in [6.07, 6.45) is 4.86. The molecule has 1 fully saturated rings. The second-order valence-corrected chi connectivity index (χ2v) is 7.48. The molecule has 7 heteroatoms. The lowest BCUT2D eigenvalue weighted by Gasteiger charge is -2.23. The molecule has 0 atom stereocenters. The van der Waals surface area contributed by atoms with E-state index in [2.05, 4.69) is 33.4 Å². The number of rotatable bonds is 5. The summed E-state index contributed by atoms with van der Waals surface area (Å²) in [6, 6.07) is 2.42. The summed E-state index contributed by atoms with van der Waals surface area (Å²) < 4.78 is 4.03. The topological polar surface area (TPSA) is 59.2 Å². The van der Waals surface area contributed by atoms with Gasteiger partial charge in [-0.05, 0) is 40.2 Å². The lowest BCUT2D eigenvalue weighted by Crippen LogP contribution is -2.37. The average molecular weight is 358 g/mol. The van der Waals surface area contributed by atoms with Gasteiger partial charge in [0.05, 0.1) is 17.7 Å². The molecule has 1 aliphatic heterocycles. The molecule has 3 heterocycles. The molecule has 142 valence electrons. The fourth-order valence-corrected chi connectivity index (χ4v) is 3.59. The van der Waals surface area contributed by atoms with Gasteiger partial charge in [-0.15, -0.1) is 0 Å². The maximum Gasteiger partial charge on any atom is 0.244 e. The van der Waals surface area contributed by atoms with E-state index in [4.69, 9.17) is 0 Å². The third-order valence-electron chi connectivity index (χ3n) is 5.02. The molecule has 1 aliphatic rings. The lowest BCUT2D eigenvalue weighted by molar-refractivity contribution is -0.131. The Morgan fingerprint density at radius 3 is 2.69 bits per heavy atom. The van der Waals surface area contributed by atoms with Gasteiger partial charge in [-0.2, -0.15) is 5.10 Å². The Morgan fingerprint density at radius 2 is 2.00 bits per heavy atom. The minimum absolute atomic E-state index is 0.158. The van der Waals surface area contributed by atoms with Crippen molar-refractivity contribution in [3.8, 4) is 0 Å². The van der Waals surface area contributed by atoms with E-state index in [1.165, 1.54) is 5.69 Å². The number of carbonyl (C=O) groups is 1. The summed E-state index contributed by atoms with van der Waals surface area (Å²) in [5.41, 5.74) is 3.23. The molecule has 0 aliphatic carbocycles. The number of nitrogens with zero attached hydrogens (tertiary/aromatic N) is 6. The Balaban J connectivity index is 1.57. The standard InChI is InChI=1S/C19H30N6O/c1-15(2)24-14-20-11-18(24)12-22-6-5-7-23(9-8-22)19(26)13-25-17(4)10-16(3)21-25/h10-11,14-15H,5-9,12-13H2,1-4H3. The smallest absolute Gasteiger partial charge is 0.244 e. The van der Waals surface area contributed by atoms with Crippen LogP contribution in [0.25, 0.3) is 0 Å². The van der Waals surface area contributed by atoms with Gasteiger partial charge in [0.1, 0.15) is 6.54 Å². The first-order valence-corrected chi connectivity index (χ1v) is 9.46. The molecule has 2 aromatic rings. The first-order chi connectivity index (χ1) is 12.4. The molecule has 7 nitrogen and oxygen atoms in total. The molecule has 0 radical (unpaired) electrons. The normalized spacial score (nSPS) is 16.3. The first-order valence-electron chi connectivity index (χ1n) is 9.46. The predicted molar refractivity (Wildman–Crippen MR) is 101 cm³/mol. The van der Waals surface area contributed by atoms with Gasteiger partial charge < -0.3 is 9.47 Å². The Morgan fingerprint density at radius 1 is 1.19 bits per heavy atom. The van der Waals surface area contributed by atoms with Gasteiger partial charge in [0.2, 0.25) is 5.91 Å². The van der Waals surface area contributed by atoms with E-state index in [0.717, 1.165) is 50.5 Å². The average Bonchev–Trinajstić information content (AvgIpc) is 3.07. The van der Waals surface area contributed by atoms with Crippen molar-refractivity contribution in [1.29, 1.82) is 0 Å². The van der Waals surface area contributed by atoms with Gasteiger partial charge >= 0.3 is 0 Å². The molecule has 0 N–H and O–H groups in total. The van der Waals surface area contributed by atoms with Crippen LogP contribution in [0, 0.1) is 13.8 Å². The second-order valence-electron chi connectivity index (χ2n) is 7.48.